The van der Waals surface area contributed by atoms with E-state index >= 15 is 0 Å². The Kier molecular flexibility index (Phi) is 5.65. The van der Waals surface area contributed by atoms with Gasteiger partial charge in [0.05, 0.1) is 4.92 Å². The number of rotatable bonds is 5. The fraction of sp³-hybridized carbons (Fsp3) is 0.227. The fourth-order valence-corrected chi connectivity index (χ4v) is 3.50. The predicted molar refractivity (Wildman–Crippen MR) is 110 cm³/mol. The molecule has 1 aliphatic heterocycles. The lowest BCUT2D eigenvalue weighted by atomic mass is 10.0. The van der Waals surface area contributed by atoms with Crippen molar-refractivity contribution >= 4 is 17.7 Å². The van der Waals surface area contributed by atoms with Crippen LogP contribution in [0, 0.1) is 10.1 Å². The minimum Gasteiger partial charge on any atom is -0.337 e. The highest BCUT2D eigenvalue weighted by atomic mass is 16.6. The molecule has 0 spiro atoms. The quantitative estimate of drug-likeness (QED) is 0.354. The van der Waals surface area contributed by atoms with Gasteiger partial charge in [0, 0.05) is 30.3 Å². The number of benzene rings is 2. The van der Waals surface area contributed by atoms with Gasteiger partial charge in [-0.05, 0) is 43.0 Å². The van der Waals surface area contributed by atoms with E-state index in [0.29, 0.717) is 23.8 Å². The molecule has 0 aliphatic carbocycles. The van der Waals surface area contributed by atoms with Crippen molar-refractivity contribution in [2.24, 2.45) is 0 Å². The van der Waals surface area contributed by atoms with Crippen LogP contribution >= 0.6 is 0 Å². The molecular weight excluding hydrogens is 384 g/mol. The number of hydrogen-bond donors (Lipinski definition) is 0. The number of aromatic nitrogens is 2. The topological polar surface area (TPSA) is 102 Å². The van der Waals surface area contributed by atoms with Crippen molar-refractivity contribution in [3.8, 4) is 11.4 Å². The number of piperidine rings is 1. The molecule has 0 unspecified atom stereocenters. The number of nitrogens with zero attached hydrogens (tertiary/aromatic N) is 4. The second-order valence-corrected chi connectivity index (χ2v) is 7.05. The molecule has 2 aromatic carbocycles. The van der Waals surface area contributed by atoms with Gasteiger partial charge in [0.2, 0.25) is 17.6 Å². The van der Waals surface area contributed by atoms with E-state index in [1.807, 2.05) is 30.3 Å². The summed E-state index contributed by atoms with van der Waals surface area (Å²) in [4.78, 5) is 29.4. The summed E-state index contributed by atoms with van der Waals surface area (Å²) in [5.74, 6) is 0.785. The molecule has 0 saturated carbocycles. The number of nitro groups is 1. The molecule has 1 atom stereocenters. The molecule has 1 aliphatic rings. The largest absolute Gasteiger partial charge is 0.337 e. The number of likely N-dealkylation sites (tertiary alicyclic amines) is 1. The molecule has 3 aromatic rings. The Hall–Kier alpha value is -3.81. The Labute approximate surface area is 173 Å². The van der Waals surface area contributed by atoms with E-state index in [2.05, 4.69) is 10.1 Å². The van der Waals surface area contributed by atoms with Gasteiger partial charge in [-0.25, -0.2) is 0 Å². The number of nitro benzene ring substituents is 1. The summed E-state index contributed by atoms with van der Waals surface area (Å²) in [7, 11) is 0. The van der Waals surface area contributed by atoms with Gasteiger partial charge < -0.3 is 9.42 Å². The highest BCUT2D eigenvalue weighted by molar-refractivity contribution is 5.92. The van der Waals surface area contributed by atoms with Gasteiger partial charge >= 0.3 is 0 Å². The maximum Gasteiger partial charge on any atom is 0.269 e. The smallest absolute Gasteiger partial charge is 0.269 e. The van der Waals surface area contributed by atoms with Gasteiger partial charge in [0.25, 0.3) is 5.69 Å². The van der Waals surface area contributed by atoms with Gasteiger partial charge in [-0.3, -0.25) is 14.9 Å². The van der Waals surface area contributed by atoms with Gasteiger partial charge in [-0.15, -0.1) is 0 Å². The van der Waals surface area contributed by atoms with Crippen molar-refractivity contribution in [1.29, 1.82) is 0 Å². The van der Waals surface area contributed by atoms with E-state index in [1.54, 1.807) is 23.1 Å². The third kappa shape index (κ3) is 4.27. The third-order valence-electron chi connectivity index (χ3n) is 5.07. The van der Waals surface area contributed by atoms with Crippen molar-refractivity contribution in [2.45, 2.75) is 25.3 Å². The minimum atomic E-state index is -0.453. The SMILES string of the molecule is O=C(/C=C/c1ccc([N+](=O)[O-])cc1)N1CCCC[C@H]1c1nc(-c2ccccc2)no1. The van der Waals surface area contributed by atoms with Crippen LogP contribution in [0.2, 0.25) is 0 Å². The Morgan fingerprint density at radius 2 is 1.90 bits per heavy atom. The van der Waals surface area contributed by atoms with Crippen LogP contribution in [0.4, 0.5) is 5.69 Å². The van der Waals surface area contributed by atoms with Crippen molar-refractivity contribution in [3.05, 3.63) is 82.2 Å². The van der Waals surface area contributed by atoms with E-state index in [4.69, 9.17) is 4.52 Å². The molecule has 4 rings (SSSR count). The van der Waals surface area contributed by atoms with Crippen molar-refractivity contribution in [3.63, 3.8) is 0 Å². The van der Waals surface area contributed by atoms with Gasteiger partial charge in [0.1, 0.15) is 6.04 Å². The van der Waals surface area contributed by atoms with Crippen LogP contribution in [0.5, 0.6) is 0 Å². The van der Waals surface area contributed by atoms with Crippen LogP contribution in [0.15, 0.2) is 65.2 Å². The molecule has 30 heavy (non-hydrogen) atoms. The molecule has 1 saturated heterocycles. The molecule has 1 aromatic heterocycles. The first-order chi connectivity index (χ1) is 14.6. The lowest BCUT2D eigenvalue weighted by Gasteiger charge is -2.32. The van der Waals surface area contributed by atoms with Crippen LogP contribution in [-0.4, -0.2) is 32.4 Å². The maximum absolute atomic E-state index is 12.8. The molecule has 0 N–H and O–H groups in total. The Bertz CT molecular complexity index is 1060. The zero-order valence-electron chi connectivity index (χ0n) is 16.2. The molecular formula is C22H20N4O4. The maximum atomic E-state index is 12.8. The molecule has 8 nitrogen and oxygen atoms in total. The highest BCUT2D eigenvalue weighted by Crippen LogP contribution is 2.31. The number of hydrogen-bond acceptors (Lipinski definition) is 6. The highest BCUT2D eigenvalue weighted by Gasteiger charge is 2.31. The van der Waals surface area contributed by atoms with Crippen LogP contribution in [0.3, 0.4) is 0 Å². The zero-order chi connectivity index (χ0) is 20.9. The van der Waals surface area contributed by atoms with E-state index < -0.39 is 4.92 Å². The standard InChI is InChI=1S/C22H20N4O4/c27-20(14-11-16-9-12-18(13-10-16)26(28)29)25-15-5-4-8-19(25)22-23-21(24-30-22)17-6-2-1-3-7-17/h1-3,6-7,9-14,19H,4-5,8,15H2/b14-11+/t19-/m0/s1. The second-order valence-electron chi connectivity index (χ2n) is 7.05. The average Bonchev–Trinajstić information content (AvgIpc) is 3.28. The fourth-order valence-electron chi connectivity index (χ4n) is 3.50. The summed E-state index contributed by atoms with van der Waals surface area (Å²) in [6.07, 6.45) is 5.78. The van der Waals surface area contributed by atoms with Crippen LogP contribution in [-0.2, 0) is 4.79 Å². The normalized spacial score (nSPS) is 16.7. The first-order valence-corrected chi connectivity index (χ1v) is 9.74. The van der Waals surface area contributed by atoms with Crippen LogP contribution in [0.1, 0.15) is 36.8 Å². The van der Waals surface area contributed by atoms with Crippen molar-refractivity contribution < 1.29 is 14.2 Å². The zero-order valence-corrected chi connectivity index (χ0v) is 16.2. The summed E-state index contributed by atoms with van der Waals surface area (Å²) in [6, 6.07) is 15.3. The Morgan fingerprint density at radius 1 is 1.13 bits per heavy atom. The molecule has 1 amide bonds. The molecule has 0 radical (unpaired) electrons. The molecule has 2 heterocycles. The van der Waals surface area contributed by atoms with Gasteiger partial charge in [-0.2, -0.15) is 4.98 Å². The summed E-state index contributed by atoms with van der Waals surface area (Å²) in [5, 5.41) is 14.8. The van der Waals surface area contributed by atoms with Crippen molar-refractivity contribution in [2.75, 3.05) is 6.54 Å². The first-order valence-electron chi connectivity index (χ1n) is 9.74. The lowest BCUT2D eigenvalue weighted by molar-refractivity contribution is -0.384. The molecule has 8 heteroatoms. The summed E-state index contributed by atoms with van der Waals surface area (Å²) >= 11 is 0. The first kappa shape index (κ1) is 19.5. The van der Waals surface area contributed by atoms with Crippen LogP contribution in [0.25, 0.3) is 17.5 Å². The summed E-state index contributed by atoms with van der Waals surface area (Å²) < 4.78 is 5.49. The molecule has 1 fully saturated rings. The van der Waals surface area contributed by atoms with Gasteiger partial charge in [-0.1, -0.05) is 35.5 Å². The number of carbonyl (C=O) groups is 1. The Morgan fingerprint density at radius 3 is 2.63 bits per heavy atom. The number of carbonyl (C=O) groups excluding carboxylic acids is 1. The lowest BCUT2D eigenvalue weighted by Crippen LogP contribution is -2.37. The molecule has 152 valence electrons. The predicted octanol–water partition coefficient (Wildman–Crippen LogP) is 4.41. The van der Waals surface area contributed by atoms with E-state index in [-0.39, 0.29) is 17.6 Å². The van der Waals surface area contributed by atoms with E-state index in [1.165, 1.54) is 18.2 Å². The van der Waals surface area contributed by atoms with E-state index in [0.717, 1.165) is 24.8 Å². The summed E-state index contributed by atoms with van der Waals surface area (Å²) in [5.41, 5.74) is 1.59. The average molecular weight is 404 g/mol. The minimum absolute atomic E-state index is 0.0141. The van der Waals surface area contributed by atoms with E-state index in [9.17, 15) is 14.9 Å². The monoisotopic (exact) mass is 404 g/mol. The Balaban J connectivity index is 1.50. The number of non-ortho nitro benzene ring substituents is 1. The third-order valence-corrected chi connectivity index (χ3v) is 5.07. The number of amides is 1. The molecule has 0 bridgehead atoms. The summed E-state index contributed by atoms with van der Waals surface area (Å²) in [6.45, 7) is 0.608. The second kappa shape index (κ2) is 8.69. The van der Waals surface area contributed by atoms with Crippen LogP contribution < -0.4 is 0 Å². The van der Waals surface area contributed by atoms with Crippen molar-refractivity contribution in [1.82, 2.24) is 15.0 Å². The van der Waals surface area contributed by atoms with Gasteiger partial charge in [0.15, 0.2) is 0 Å².